The van der Waals surface area contributed by atoms with Crippen molar-refractivity contribution in [1.29, 1.82) is 0 Å². The van der Waals surface area contributed by atoms with Crippen molar-refractivity contribution in [2.75, 3.05) is 5.32 Å². The number of rotatable bonds is 3. The monoisotopic (exact) mass is 254 g/mol. The van der Waals surface area contributed by atoms with Gasteiger partial charge in [0.25, 0.3) is 0 Å². The minimum absolute atomic E-state index is 0.341. The van der Waals surface area contributed by atoms with Crippen molar-refractivity contribution in [3.05, 3.63) is 46.4 Å². The molecule has 0 amide bonds. The quantitative estimate of drug-likeness (QED) is 0.908. The van der Waals surface area contributed by atoms with Gasteiger partial charge in [0.2, 0.25) is 5.89 Å². The van der Waals surface area contributed by atoms with Crippen LogP contribution in [-0.2, 0) is 6.54 Å². The minimum atomic E-state index is -0.391. The van der Waals surface area contributed by atoms with Crippen LogP contribution < -0.4 is 5.32 Å². The molecule has 0 unspecified atom stereocenters. The zero-order chi connectivity index (χ0) is 12.4. The summed E-state index contributed by atoms with van der Waals surface area (Å²) in [6.07, 6.45) is 0. The Bertz CT molecular complexity index is 520. The number of oxazole rings is 1. The first kappa shape index (κ1) is 11.9. The summed E-state index contributed by atoms with van der Waals surface area (Å²) in [4.78, 5) is 4.19. The second-order valence-electron chi connectivity index (χ2n) is 3.73. The summed E-state index contributed by atoms with van der Waals surface area (Å²) in [6, 6.07) is 4.47. The summed E-state index contributed by atoms with van der Waals surface area (Å²) < 4.78 is 18.8. The van der Waals surface area contributed by atoms with Crippen LogP contribution in [0.5, 0.6) is 0 Å². The van der Waals surface area contributed by atoms with Crippen LogP contribution in [0.2, 0.25) is 5.02 Å². The summed E-state index contributed by atoms with van der Waals surface area (Å²) in [5.74, 6) is 0.922. The van der Waals surface area contributed by atoms with Crippen molar-refractivity contribution in [3.63, 3.8) is 0 Å². The van der Waals surface area contributed by atoms with E-state index in [1.807, 2.05) is 13.8 Å². The number of benzene rings is 1. The number of anilines is 1. The Morgan fingerprint density at radius 2 is 2.18 bits per heavy atom. The highest BCUT2D eigenvalue weighted by Crippen LogP contribution is 2.19. The number of hydrogen-bond acceptors (Lipinski definition) is 3. The van der Waals surface area contributed by atoms with Gasteiger partial charge in [-0.2, -0.15) is 0 Å². The van der Waals surface area contributed by atoms with Gasteiger partial charge in [0.1, 0.15) is 11.6 Å². The zero-order valence-electron chi connectivity index (χ0n) is 9.55. The van der Waals surface area contributed by atoms with E-state index in [-0.39, 0.29) is 0 Å². The summed E-state index contributed by atoms with van der Waals surface area (Å²) in [6.45, 7) is 4.05. The molecule has 0 aliphatic carbocycles. The molecule has 2 aromatic rings. The fourth-order valence-corrected chi connectivity index (χ4v) is 1.58. The van der Waals surface area contributed by atoms with Crippen LogP contribution in [0.1, 0.15) is 17.3 Å². The molecule has 17 heavy (non-hydrogen) atoms. The van der Waals surface area contributed by atoms with E-state index in [1.165, 1.54) is 6.07 Å². The van der Waals surface area contributed by atoms with E-state index in [1.54, 1.807) is 12.1 Å². The molecule has 3 nitrogen and oxygen atoms in total. The van der Waals surface area contributed by atoms with E-state index < -0.39 is 5.82 Å². The molecular weight excluding hydrogens is 243 g/mol. The highest BCUT2D eigenvalue weighted by Gasteiger charge is 2.07. The molecule has 5 heteroatoms. The van der Waals surface area contributed by atoms with Gasteiger partial charge in [-0.25, -0.2) is 9.37 Å². The van der Waals surface area contributed by atoms with Gasteiger partial charge in [-0.3, -0.25) is 0 Å². The lowest BCUT2D eigenvalue weighted by molar-refractivity contribution is 0.478. The average Bonchev–Trinajstić information content (AvgIpc) is 2.57. The van der Waals surface area contributed by atoms with Crippen molar-refractivity contribution in [2.45, 2.75) is 20.4 Å². The van der Waals surface area contributed by atoms with Gasteiger partial charge in [0.15, 0.2) is 0 Å². The third kappa shape index (κ3) is 2.77. The second-order valence-corrected chi connectivity index (χ2v) is 4.16. The van der Waals surface area contributed by atoms with Crippen LogP contribution in [0.25, 0.3) is 0 Å². The van der Waals surface area contributed by atoms with Gasteiger partial charge >= 0.3 is 0 Å². The maximum Gasteiger partial charge on any atom is 0.213 e. The number of aromatic nitrogens is 1. The lowest BCUT2D eigenvalue weighted by Crippen LogP contribution is -2.01. The zero-order valence-corrected chi connectivity index (χ0v) is 10.3. The largest absolute Gasteiger partial charge is 0.444 e. The second kappa shape index (κ2) is 4.75. The van der Waals surface area contributed by atoms with Crippen molar-refractivity contribution in [3.8, 4) is 0 Å². The highest BCUT2D eigenvalue weighted by atomic mass is 35.5. The third-order valence-electron chi connectivity index (χ3n) is 2.43. The van der Waals surface area contributed by atoms with Gasteiger partial charge in [-0.1, -0.05) is 11.6 Å². The molecule has 0 aliphatic rings. The molecule has 90 valence electrons. The fourth-order valence-electron chi connectivity index (χ4n) is 1.42. The minimum Gasteiger partial charge on any atom is -0.444 e. The van der Waals surface area contributed by atoms with Crippen LogP contribution in [0, 0.1) is 19.7 Å². The first-order chi connectivity index (χ1) is 8.06. The maximum absolute atomic E-state index is 13.4. The van der Waals surface area contributed by atoms with E-state index in [2.05, 4.69) is 10.3 Å². The Hall–Kier alpha value is -1.55. The molecule has 1 heterocycles. The first-order valence-electron chi connectivity index (χ1n) is 5.18. The van der Waals surface area contributed by atoms with Crippen LogP contribution in [0.3, 0.4) is 0 Å². The Kier molecular flexibility index (Phi) is 3.33. The van der Waals surface area contributed by atoms with E-state index >= 15 is 0 Å². The molecule has 0 spiro atoms. The molecule has 2 rings (SSSR count). The van der Waals surface area contributed by atoms with Gasteiger partial charge in [-0.15, -0.1) is 0 Å². The predicted octanol–water partition coefficient (Wildman–Crippen LogP) is 3.70. The predicted molar refractivity (Wildman–Crippen MR) is 64.7 cm³/mol. The lowest BCUT2D eigenvalue weighted by atomic mass is 10.3. The summed E-state index contributed by atoms with van der Waals surface area (Å²) in [7, 11) is 0. The maximum atomic E-state index is 13.4. The van der Waals surface area contributed by atoms with Crippen LogP contribution in [0.15, 0.2) is 22.6 Å². The van der Waals surface area contributed by atoms with Crippen molar-refractivity contribution < 1.29 is 8.81 Å². The smallest absolute Gasteiger partial charge is 0.213 e. The molecule has 1 N–H and O–H groups in total. The van der Waals surface area contributed by atoms with Crippen molar-refractivity contribution in [2.24, 2.45) is 0 Å². The van der Waals surface area contributed by atoms with Crippen molar-refractivity contribution in [1.82, 2.24) is 4.98 Å². The average molecular weight is 255 g/mol. The van der Waals surface area contributed by atoms with Gasteiger partial charge in [0.05, 0.1) is 17.9 Å². The molecule has 0 fully saturated rings. The molecule has 0 saturated carbocycles. The Labute approximate surface area is 104 Å². The Morgan fingerprint density at radius 1 is 1.41 bits per heavy atom. The van der Waals surface area contributed by atoms with Crippen LogP contribution in [0.4, 0.5) is 10.1 Å². The number of nitrogens with one attached hydrogen (secondary N) is 1. The van der Waals surface area contributed by atoms with E-state index in [0.29, 0.717) is 23.1 Å². The topological polar surface area (TPSA) is 38.1 Å². The van der Waals surface area contributed by atoms with Crippen molar-refractivity contribution >= 4 is 17.3 Å². The number of nitrogens with zero attached hydrogens (tertiary/aromatic N) is 1. The normalized spacial score (nSPS) is 10.6. The highest BCUT2D eigenvalue weighted by molar-refractivity contribution is 6.30. The van der Waals surface area contributed by atoms with Gasteiger partial charge < -0.3 is 9.73 Å². The molecular formula is C12H12ClFN2O. The van der Waals surface area contributed by atoms with Gasteiger partial charge in [0, 0.05) is 5.02 Å². The van der Waals surface area contributed by atoms with Crippen LogP contribution in [-0.4, -0.2) is 4.98 Å². The number of halogens is 2. The van der Waals surface area contributed by atoms with Gasteiger partial charge in [-0.05, 0) is 32.0 Å². The van der Waals surface area contributed by atoms with E-state index in [9.17, 15) is 4.39 Å². The molecule has 1 aromatic carbocycles. The van der Waals surface area contributed by atoms with Crippen LogP contribution >= 0.6 is 11.6 Å². The summed E-state index contributed by atoms with van der Waals surface area (Å²) in [5, 5.41) is 3.28. The standard InChI is InChI=1S/C12H12ClFN2O/c1-7-8(2)17-12(16-7)6-15-11-4-3-9(13)5-10(11)14/h3-5,15H,6H2,1-2H3. The Morgan fingerprint density at radius 3 is 2.76 bits per heavy atom. The molecule has 0 bridgehead atoms. The fraction of sp³-hybridized carbons (Fsp3) is 0.250. The molecule has 0 aliphatic heterocycles. The van der Waals surface area contributed by atoms with E-state index in [0.717, 1.165) is 11.5 Å². The van der Waals surface area contributed by atoms with E-state index in [4.69, 9.17) is 16.0 Å². The third-order valence-corrected chi connectivity index (χ3v) is 2.67. The SMILES string of the molecule is Cc1nc(CNc2ccc(Cl)cc2F)oc1C. The summed E-state index contributed by atoms with van der Waals surface area (Å²) >= 11 is 5.66. The molecule has 0 radical (unpaired) electrons. The molecule has 0 atom stereocenters. The lowest BCUT2D eigenvalue weighted by Gasteiger charge is -2.05. The number of hydrogen-bond donors (Lipinski definition) is 1. The number of aryl methyl sites for hydroxylation is 2. The molecule has 0 saturated heterocycles. The Balaban J connectivity index is 2.07. The molecule has 1 aromatic heterocycles. The summed E-state index contributed by atoms with van der Waals surface area (Å²) in [5.41, 5.74) is 1.22. The first-order valence-corrected chi connectivity index (χ1v) is 5.56.